The first kappa shape index (κ1) is 12.6. The number of nitrogens with zero attached hydrogens (tertiary/aromatic N) is 2. The van der Waals surface area contributed by atoms with Crippen LogP contribution in [0.3, 0.4) is 0 Å². The minimum atomic E-state index is -4.38. The van der Waals surface area contributed by atoms with Crippen LogP contribution in [0.5, 0.6) is 0 Å². The molecule has 18 heavy (non-hydrogen) atoms. The first-order valence-corrected chi connectivity index (χ1v) is 5.21. The number of rotatable bonds is 3. The highest BCUT2D eigenvalue weighted by atomic mass is 19.4. The lowest BCUT2D eigenvalue weighted by molar-refractivity contribution is -0.385. The molecule has 1 aromatic heterocycles. The SMILES string of the molecule is Cc1cnc(NC2(C(F)(F)F)CC2)cc1[N+](=O)[O-]. The molecule has 1 aromatic rings. The molecular weight excluding hydrogens is 251 g/mol. The van der Waals surface area contributed by atoms with E-state index in [1.165, 1.54) is 13.1 Å². The number of anilines is 1. The van der Waals surface area contributed by atoms with Crippen molar-refractivity contribution in [2.75, 3.05) is 5.32 Å². The van der Waals surface area contributed by atoms with Crippen LogP contribution in [0.2, 0.25) is 0 Å². The van der Waals surface area contributed by atoms with Crippen LogP contribution in [0, 0.1) is 17.0 Å². The van der Waals surface area contributed by atoms with Crippen molar-refractivity contribution in [2.45, 2.75) is 31.5 Å². The van der Waals surface area contributed by atoms with Crippen molar-refractivity contribution in [1.29, 1.82) is 0 Å². The standard InChI is InChI=1S/C10H10F3N3O2/c1-6-5-14-8(4-7(6)16(17)18)15-9(2-3-9)10(11,12)13/h4-5H,2-3H2,1H3,(H,14,15). The Morgan fingerprint density at radius 1 is 1.50 bits per heavy atom. The fourth-order valence-electron chi connectivity index (χ4n) is 1.63. The van der Waals surface area contributed by atoms with Gasteiger partial charge in [0, 0.05) is 11.8 Å². The molecule has 0 amide bonds. The Morgan fingerprint density at radius 2 is 2.11 bits per heavy atom. The molecule has 0 aliphatic heterocycles. The van der Waals surface area contributed by atoms with Crippen LogP contribution in [0.25, 0.3) is 0 Å². The molecule has 0 unspecified atom stereocenters. The van der Waals surface area contributed by atoms with E-state index >= 15 is 0 Å². The van der Waals surface area contributed by atoms with E-state index in [9.17, 15) is 23.3 Å². The average molecular weight is 261 g/mol. The lowest BCUT2D eigenvalue weighted by Gasteiger charge is -2.21. The van der Waals surface area contributed by atoms with Gasteiger partial charge in [0.05, 0.1) is 11.0 Å². The van der Waals surface area contributed by atoms with Crippen molar-refractivity contribution in [1.82, 2.24) is 4.98 Å². The molecule has 0 aromatic carbocycles. The summed E-state index contributed by atoms with van der Waals surface area (Å²) in [5.41, 5.74) is -1.91. The Morgan fingerprint density at radius 3 is 2.56 bits per heavy atom. The van der Waals surface area contributed by atoms with E-state index in [1.54, 1.807) is 0 Å². The molecule has 98 valence electrons. The van der Waals surface area contributed by atoms with Crippen LogP contribution < -0.4 is 5.32 Å². The fraction of sp³-hybridized carbons (Fsp3) is 0.500. The summed E-state index contributed by atoms with van der Waals surface area (Å²) in [5, 5.41) is 12.9. The van der Waals surface area contributed by atoms with Crippen LogP contribution in [0.15, 0.2) is 12.3 Å². The minimum absolute atomic E-state index is 0.0418. The third-order valence-electron chi connectivity index (χ3n) is 2.93. The topological polar surface area (TPSA) is 68.1 Å². The molecule has 1 aliphatic carbocycles. The first-order chi connectivity index (χ1) is 8.25. The minimum Gasteiger partial charge on any atom is -0.356 e. The van der Waals surface area contributed by atoms with Gasteiger partial charge >= 0.3 is 6.18 Å². The number of aromatic nitrogens is 1. The first-order valence-electron chi connectivity index (χ1n) is 5.21. The fourth-order valence-corrected chi connectivity index (χ4v) is 1.63. The second kappa shape index (κ2) is 3.82. The zero-order valence-corrected chi connectivity index (χ0v) is 9.41. The summed E-state index contributed by atoms with van der Waals surface area (Å²) in [4.78, 5) is 13.8. The highest BCUT2D eigenvalue weighted by Crippen LogP contribution is 2.51. The molecule has 0 atom stereocenters. The Hall–Kier alpha value is -1.86. The molecule has 2 rings (SSSR count). The summed E-state index contributed by atoms with van der Waals surface area (Å²) in [7, 11) is 0. The molecule has 5 nitrogen and oxygen atoms in total. The number of nitro groups is 1. The van der Waals surface area contributed by atoms with Crippen LogP contribution in [-0.2, 0) is 0 Å². The second-order valence-corrected chi connectivity index (χ2v) is 4.32. The van der Waals surface area contributed by atoms with E-state index in [0.29, 0.717) is 5.56 Å². The second-order valence-electron chi connectivity index (χ2n) is 4.32. The van der Waals surface area contributed by atoms with Gasteiger partial charge in [-0.1, -0.05) is 0 Å². The third-order valence-corrected chi connectivity index (χ3v) is 2.93. The van der Waals surface area contributed by atoms with Gasteiger partial charge in [-0.25, -0.2) is 4.98 Å². The lowest BCUT2D eigenvalue weighted by Crippen LogP contribution is -2.38. The predicted octanol–water partition coefficient (Wildman–Crippen LogP) is 2.81. The number of halogens is 3. The zero-order valence-electron chi connectivity index (χ0n) is 9.41. The predicted molar refractivity (Wildman–Crippen MR) is 57.3 cm³/mol. The number of hydrogen-bond acceptors (Lipinski definition) is 4. The molecule has 0 bridgehead atoms. The highest BCUT2D eigenvalue weighted by Gasteiger charge is 2.63. The molecule has 1 aliphatic rings. The maximum absolute atomic E-state index is 12.7. The normalized spacial score (nSPS) is 17.3. The molecule has 8 heteroatoms. The third kappa shape index (κ3) is 2.09. The van der Waals surface area contributed by atoms with Gasteiger partial charge in [0.2, 0.25) is 0 Å². The molecule has 0 radical (unpaired) electrons. The van der Waals surface area contributed by atoms with Crippen LogP contribution >= 0.6 is 0 Å². The van der Waals surface area contributed by atoms with Crippen molar-refractivity contribution in [3.05, 3.63) is 27.9 Å². The van der Waals surface area contributed by atoms with Crippen molar-refractivity contribution in [3.63, 3.8) is 0 Å². The van der Waals surface area contributed by atoms with Crippen molar-refractivity contribution < 1.29 is 18.1 Å². The van der Waals surface area contributed by atoms with Crippen molar-refractivity contribution in [2.24, 2.45) is 0 Å². The van der Waals surface area contributed by atoms with Gasteiger partial charge in [-0.05, 0) is 19.8 Å². The number of alkyl halides is 3. The summed E-state index contributed by atoms with van der Waals surface area (Å²) in [6.07, 6.45) is -3.28. The smallest absolute Gasteiger partial charge is 0.356 e. The van der Waals surface area contributed by atoms with Gasteiger partial charge in [-0.2, -0.15) is 13.2 Å². The van der Waals surface area contributed by atoms with Crippen LogP contribution in [-0.4, -0.2) is 21.6 Å². The Labute approximate surface area is 100 Å². The van der Waals surface area contributed by atoms with E-state index in [2.05, 4.69) is 10.3 Å². The highest BCUT2D eigenvalue weighted by molar-refractivity contribution is 5.51. The van der Waals surface area contributed by atoms with E-state index in [-0.39, 0.29) is 24.3 Å². The van der Waals surface area contributed by atoms with Gasteiger partial charge in [-0.15, -0.1) is 0 Å². The average Bonchev–Trinajstić information content (AvgIpc) is 3.00. The van der Waals surface area contributed by atoms with Crippen LogP contribution in [0.1, 0.15) is 18.4 Å². The molecular formula is C10H10F3N3O2. The zero-order chi connectivity index (χ0) is 13.6. The maximum atomic E-state index is 12.7. The summed E-state index contributed by atoms with van der Waals surface area (Å²) in [5.74, 6) is -0.123. The van der Waals surface area contributed by atoms with Crippen molar-refractivity contribution >= 4 is 11.5 Å². The number of hydrogen-bond donors (Lipinski definition) is 1. The summed E-state index contributed by atoms with van der Waals surface area (Å²) >= 11 is 0. The van der Waals surface area contributed by atoms with E-state index < -0.39 is 16.6 Å². The summed E-state index contributed by atoms with van der Waals surface area (Å²) < 4.78 is 38.1. The van der Waals surface area contributed by atoms with Gasteiger partial charge < -0.3 is 5.32 Å². The lowest BCUT2D eigenvalue weighted by atomic mass is 10.2. The van der Waals surface area contributed by atoms with Gasteiger partial charge in [0.25, 0.3) is 5.69 Å². The quantitative estimate of drug-likeness (QED) is 0.671. The molecule has 1 heterocycles. The number of nitrogens with one attached hydrogen (secondary N) is 1. The Kier molecular flexibility index (Phi) is 2.67. The Bertz CT molecular complexity index is 498. The van der Waals surface area contributed by atoms with E-state index in [0.717, 1.165) is 6.07 Å². The molecule has 0 saturated heterocycles. The van der Waals surface area contributed by atoms with Gasteiger partial charge in [0.1, 0.15) is 11.4 Å². The van der Waals surface area contributed by atoms with Gasteiger partial charge in [0.15, 0.2) is 0 Å². The molecule has 0 spiro atoms. The summed E-state index contributed by atoms with van der Waals surface area (Å²) in [6, 6.07) is 1.03. The number of pyridine rings is 1. The van der Waals surface area contributed by atoms with E-state index in [4.69, 9.17) is 0 Å². The van der Waals surface area contributed by atoms with Crippen LogP contribution in [0.4, 0.5) is 24.7 Å². The monoisotopic (exact) mass is 261 g/mol. The Balaban J connectivity index is 2.26. The molecule has 1 saturated carbocycles. The van der Waals surface area contributed by atoms with E-state index in [1.807, 2.05) is 0 Å². The number of aryl methyl sites for hydroxylation is 1. The van der Waals surface area contributed by atoms with Gasteiger partial charge in [-0.3, -0.25) is 10.1 Å². The molecule has 1 fully saturated rings. The molecule has 1 N–H and O–H groups in total. The van der Waals surface area contributed by atoms with Crippen molar-refractivity contribution in [3.8, 4) is 0 Å². The maximum Gasteiger partial charge on any atom is 0.411 e. The summed E-state index contributed by atoms with van der Waals surface area (Å²) in [6.45, 7) is 1.48. The largest absolute Gasteiger partial charge is 0.411 e.